The van der Waals surface area contributed by atoms with Gasteiger partial charge in [0, 0.05) is 19.1 Å². The van der Waals surface area contributed by atoms with Crippen molar-refractivity contribution in [2.24, 2.45) is 5.73 Å². The Bertz CT molecular complexity index is 884. The number of carboxylic acid groups (broad SMARTS) is 2. The Morgan fingerprint density at radius 1 is 1.38 bits per heavy atom. The minimum Gasteiger partial charge on any atom is -0.481 e. The van der Waals surface area contributed by atoms with Crippen LogP contribution in [-0.4, -0.2) is 73.2 Å². The lowest BCUT2D eigenvalue weighted by atomic mass is 10.1. The molecule has 12 heteroatoms. The van der Waals surface area contributed by atoms with Crippen molar-refractivity contribution in [1.29, 1.82) is 0 Å². The van der Waals surface area contributed by atoms with E-state index in [2.05, 4.69) is 36.7 Å². The molecule has 1 aliphatic rings. The zero-order valence-corrected chi connectivity index (χ0v) is 15.6. The number of amides is 1. The van der Waals surface area contributed by atoms with E-state index in [4.69, 9.17) is 15.9 Å². The van der Waals surface area contributed by atoms with Crippen LogP contribution in [0.15, 0.2) is 25.3 Å². The third-order valence-corrected chi connectivity index (χ3v) is 4.16. The van der Waals surface area contributed by atoms with Crippen molar-refractivity contribution >= 4 is 34.8 Å². The van der Waals surface area contributed by atoms with Gasteiger partial charge < -0.3 is 31.1 Å². The number of aromatic nitrogens is 4. The number of carbonyl (C=O) groups excluding carboxylic acids is 1. The summed E-state index contributed by atoms with van der Waals surface area (Å²) in [5.74, 6) is -1.82. The molecule has 2 aromatic heterocycles. The molecule has 156 valence electrons. The Labute approximate surface area is 165 Å². The number of anilines is 1. The first-order chi connectivity index (χ1) is 13.8. The van der Waals surface area contributed by atoms with Crippen molar-refractivity contribution in [1.82, 2.24) is 25.3 Å². The van der Waals surface area contributed by atoms with Crippen LogP contribution in [0.3, 0.4) is 0 Å². The lowest BCUT2D eigenvalue weighted by Crippen LogP contribution is -2.47. The van der Waals surface area contributed by atoms with Gasteiger partial charge in [-0.25, -0.2) is 15.0 Å². The van der Waals surface area contributed by atoms with E-state index < -0.39 is 24.4 Å². The smallest absolute Gasteiger partial charge is 0.321 e. The number of nitrogens with two attached hydrogens (primary N) is 1. The number of H-pyrrole nitrogens is 1. The number of piperidine rings is 1. The maximum atomic E-state index is 11.4. The van der Waals surface area contributed by atoms with Crippen molar-refractivity contribution < 1.29 is 24.6 Å². The van der Waals surface area contributed by atoms with Gasteiger partial charge in [0.25, 0.3) is 0 Å². The third kappa shape index (κ3) is 6.24. The summed E-state index contributed by atoms with van der Waals surface area (Å²) in [6.45, 7) is 5.10. The van der Waals surface area contributed by atoms with E-state index in [0.29, 0.717) is 0 Å². The van der Waals surface area contributed by atoms with Crippen LogP contribution < -0.4 is 16.0 Å². The summed E-state index contributed by atoms with van der Waals surface area (Å²) < 4.78 is 0. The molecule has 0 spiro atoms. The van der Waals surface area contributed by atoms with Crippen molar-refractivity contribution in [3.8, 4) is 0 Å². The number of hydrogen-bond donors (Lipinski definition) is 5. The zero-order chi connectivity index (χ0) is 21.4. The quantitative estimate of drug-likeness (QED) is 0.392. The molecule has 0 aliphatic carbocycles. The van der Waals surface area contributed by atoms with Gasteiger partial charge in [-0.1, -0.05) is 6.58 Å². The van der Waals surface area contributed by atoms with Gasteiger partial charge in [-0.2, -0.15) is 0 Å². The summed E-state index contributed by atoms with van der Waals surface area (Å²) in [4.78, 5) is 48.9. The van der Waals surface area contributed by atoms with Crippen LogP contribution in [0.4, 0.5) is 5.82 Å². The molecule has 6 N–H and O–H groups in total. The van der Waals surface area contributed by atoms with Crippen LogP contribution in [-0.2, 0) is 14.4 Å². The van der Waals surface area contributed by atoms with Gasteiger partial charge >= 0.3 is 11.9 Å². The molecule has 3 rings (SSSR count). The number of fused-ring (bicyclic) bond motifs is 1. The van der Waals surface area contributed by atoms with E-state index in [1.54, 1.807) is 6.33 Å². The molecule has 1 saturated heterocycles. The Hall–Kier alpha value is -3.54. The number of imidazole rings is 1. The number of aliphatic carboxylic acids is 2. The minimum absolute atomic E-state index is 0.109. The summed E-state index contributed by atoms with van der Waals surface area (Å²) >= 11 is 0. The van der Waals surface area contributed by atoms with Crippen LogP contribution in [0.25, 0.3) is 11.2 Å². The summed E-state index contributed by atoms with van der Waals surface area (Å²) in [5.41, 5.74) is 6.33. The molecular formula is C17H23N7O5. The number of rotatable bonds is 6. The number of nitrogens with one attached hydrogen (secondary N) is 2. The Kier molecular flexibility index (Phi) is 7.60. The van der Waals surface area contributed by atoms with Crippen molar-refractivity contribution in [2.45, 2.75) is 31.3 Å². The molecule has 3 heterocycles. The van der Waals surface area contributed by atoms with Crippen molar-refractivity contribution in [2.75, 3.05) is 18.0 Å². The van der Waals surface area contributed by atoms with Crippen molar-refractivity contribution in [3.63, 3.8) is 0 Å². The first kappa shape index (κ1) is 21.8. The van der Waals surface area contributed by atoms with Gasteiger partial charge in [0.05, 0.1) is 12.7 Å². The number of nitrogens with zero attached hydrogens (tertiary/aromatic N) is 4. The van der Waals surface area contributed by atoms with E-state index >= 15 is 0 Å². The zero-order valence-electron chi connectivity index (χ0n) is 15.6. The average Bonchev–Trinajstić information content (AvgIpc) is 3.17. The first-order valence-electron chi connectivity index (χ1n) is 8.84. The number of hydrogen-bond acceptors (Lipinski definition) is 8. The van der Waals surface area contributed by atoms with E-state index in [1.807, 2.05) is 0 Å². The molecular weight excluding hydrogens is 382 g/mol. The second-order valence-corrected chi connectivity index (χ2v) is 6.34. The van der Waals surface area contributed by atoms with Gasteiger partial charge in [-0.3, -0.25) is 14.4 Å². The normalized spacial score (nSPS) is 17.0. The van der Waals surface area contributed by atoms with Gasteiger partial charge in [0.2, 0.25) is 5.91 Å². The van der Waals surface area contributed by atoms with Crippen LogP contribution in [0.1, 0.15) is 19.3 Å². The predicted molar refractivity (Wildman–Crippen MR) is 103 cm³/mol. The van der Waals surface area contributed by atoms with Gasteiger partial charge in [-0.05, 0) is 18.9 Å². The lowest BCUT2D eigenvalue weighted by molar-refractivity contribution is -0.144. The Morgan fingerprint density at radius 3 is 2.76 bits per heavy atom. The molecule has 0 radical (unpaired) electrons. The number of carbonyl (C=O) groups is 3. The molecule has 1 aliphatic heterocycles. The average molecular weight is 405 g/mol. The number of carboxylic acids is 2. The van der Waals surface area contributed by atoms with Gasteiger partial charge in [0.1, 0.15) is 17.9 Å². The van der Waals surface area contributed by atoms with E-state index in [0.717, 1.165) is 42.9 Å². The molecule has 2 aromatic rings. The SMILES string of the molecule is C=CC(=O)N[C@@H]1CCCN(c2ncnc3[nH]cnc23)C1.N[C@@H](CC(=O)O)C(=O)O. The van der Waals surface area contributed by atoms with Crippen LogP contribution >= 0.6 is 0 Å². The van der Waals surface area contributed by atoms with E-state index in [1.165, 1.54) is 12.4 Å². The fourth-order valence-electron chi connectivity index (χ4n) is 2.81. The topological polar surface area (TPSA) is 187 Å². The summed E-state index contributed by atoms with van der Waals surface area (Å²) in [6, 6.07) is -1.18. The van der Waals surface area contributed by atoms with Crippen LogP contribution in [0.5, 0.6) is 0 Å². The highest BCUT2D eigenvalue weighted by Crippen LogP contribution is 2.23. The molecule has 1 fully saturated rings. The molecule has 12 nitrogen and oxygen atoms in total. The lowest BCUT2D eigenvalue weighted by Gasteiger charge is -2.33. The van der Waals surface area contributed by atoms with Gasteiger partial charge in [0.15, 0.2) is 11.5 Å². The minimum atomic E-state index is -1.29. The van der Waals surface area contributed by atoms with Crippen molar-refractivity contribution in [3.05, 3.63) is 25.3 Å². The molecule has 0 unspecified atom stereocenters. The second-order valence-electron chi connectivity index (χ2n) is 6.34. The Balaban J connectivity index is 0.000000284. The first-order valence-corrected chi connectivity index (χ1v) is 8.84. The second kappa shape index (κ2) is 10.1. The van der Waals surface area contributed by atoms with Crippen LogP contribution in [0.2, 0.25) is 0 Å². The molecule has 0 saturated carbocycles. The molecule has 0 aromatic carbocycles. The standard InChI is InChI=1S/C13H16N6O.C4H7NO4/c1-2-10(20)18-9-4-3-5-19(6-9)13-11-12(15-7-14-11)16-8-17-13;5-2(4(8)9)1-3(6)7/h2,7-9H,1,3-6H2,(H,18,20)(H,14,15,16,17);2H,1,5H2,(H,6,7)(H,8,9)/t9-;2-/m10/s1. The predicted octanol–water partition coefficient (Wildman–Crippen LogP) is -0.503. The summed E-state index contributed by atoms with van der Waals surface area (Å²) in [5, 5.41) is 19.0. The summed E-state index contributed by atoms with van der Waals surface area (Å²) in [6.07, 6.45) is 5.87. The highest BCUT2D eigenvalue weighted by molar-refractivity contribution is 5.87. The molecule has 2 atom stereocenters. The number of aromatic amines is 1. The fourth-order valence-corrected chi connectivity index (χ4v) is 2.81. The monoisotopic (exact) mass is 405 g/mol. The van der Waals surface area contributed by atoms with Gasteiger partial charge in [-0.15, -0.1) is 0 Å². The molecule has 1 amide bonds. The largest absolute Gasteiger partial charge is 0.481 e. The van der Waals surface area contributed by atoms with E-state index in [-0.39, 0.29) is 11.9 Å². The maximum Gasteiger partial charge on any atom is 0.321 e. The fraction of sp³-hybridized carbons (Fsp3) is 0.412. The highest BCUT2D eigenvalue weighted by atomic mass is 16.4. The molecule has 29 heavy (non-hydrogen) atoms. The van der Waals surface area contributed by atoms with Crippen LogP contribution in [0, 0.1) is 0 Å². The molecule has 0 bridgehead atoms. The maximum absolute atomic E-state index is 11.4. The summed E-state index contributed by atoms with van der Waals surface area (Å²) in [7, 11) is 0. The third-order valence-electron chi connectivity index (χ3n) is 4.16. The Morgan fingerprint density at radius 2 is 2.14 bits per heavy atom. The highest BCUT2D eigenvalue weighted by Gasteiger charge is 2.23. The van der Waals surface area contributed by atoms with E-state index in [9.17, 15) is 14.4 Å².